The zero-order valence-electron chi connectivity index (χ0n) is 21.7. The average molecular weight is 564 g/mol. The molecule has 0 radical (unpaired) electrons. The molecule has 3 aromatic rings. The summed E-state index contributed by atoms with van der Waals surface area (Å²) < 4.78 is 44.3. The summed E-state index contributed by atoms with van der Waals surface area (Å²) in [6.45, 7) is 7.95. The van der Waals surface area contributed by atoms with Crippen LogP contribution in [0.2, 0.25) is 0 Å². The largest absolute Gasteiger partial charge is 0.487 e. The van der Waals surface area contributed by atoms with Crippen LogP contribution in [0.4, 0.5) is 18.0 Å². The molecule has 0 saturated carbocycles. The highest BCUT2D eigenvalue weighted by atomic mass is 32.1. The molecule has 2 N–H and O–H groups in total. The number of carbonyl (C=O) groups excluding carboxylic acids is 1. The lowest BCUT2D eigenvalue weighted by molar-refractivity contribution is -0.145. The number of benzene rings is 1. The van der Waals surface area contributed by atoms with Crippen LogP contribution >= 0.6 is 11.3 Å². The fourth-order valence-corrected chi connectivity index (χ4v) is 4.87. The first kappa shape index (κ1) is 28.3. The van der Waals surface area contributed by atoms with E-state index in [0.717, 1.165) is 33.4 Å². The molecule has 1 aliphatic rings. The van der Waals surface area contributed by atoms with E-state index in [9.17, 15) is 22.8 Å². The number of carboxylic acid groups (broad SMARTS) is 1. The number of carbonyl (C=O) groups is 2. The molecule has 4 rings (SSSR count). The molecular weight excluding hydrogens is 535 g/mol. The molecule has 0 spiro atoms. The van der Waals surface area contributed by atoms with Gasteiger partial charge in [0.15, 0.2) is 0 Å². The number of alkyl halides is 3. The molecule has 1 aliphatic heterocycles. The van der Waals surface area contributed by atoms with Crippen molar-refractivity contribution in [2.45, 2.75) is 57.9 Å². The highest BCUT2D eigenvalue weighted by Crippen LogP contribution is 2.36. The number of halogens is 3. The van der Waals surface area contributed by atoms with Gasteiger partial charge in [-0.15, -0.1) is 11.3 Å². The Hall–Kier alpha value is -3.74. The second-order valence-corrected chi connectivity index (χ2v) is 11.4. The van der Waals surface area contributed by atoms with Crippen molar-refractivity contribution in [3.05, 3.63) is 58.6 Å². The van der Waals surface area contributed by atoms with Gasteiger partial charge in [0.2, 0.25) is 11.7 Å². The van der Waals surface area contributed by atoms with E-state index in [-0.39, 0.29) is 31.5 Å². The summed E-state index contributed by atoms with van der Waals surface area (Å²) >= 11 is 1.52. The van der Waals surface area contributed by atoms with E-state index in [1.54, 1.807) is 13.1 Å². The van der Waals surface area contributed by atoms with Crippen LogP contribution in [0.1, 0.15) is 55.1 Å². The Morgan fingerprint density at radius 2 is 1.82 bits per heavy atom. The van der Waals surface area contributed by atoms with Gasteiger partial charge in [0, 0.05) is 41.0 Å². The maximum absolute atomic E-state index is 13.0. The van der Waals surface area contributed by atoms with Gasteiger partial charge in [-0.2, -0.15) is 13.2 Å². The van der Waals surface area contributed by atoms with Gasteiger partial charge in [-0.1, -0.05) is 13.8 Å². The van der Waals surface area contributed by atoms with Gasteiger partial charge in [0.05, 0.1) is 19.1 Å². The minimum Gasteiger partial charge on any atom is -0.487 e. The van der Waals surface area contributed by atoms with E-state index in [0.29, 0.717) is 11.3 Å². The number of amides is 2. The number of rotatable bonds is 8. The first-order valence-corrected chi connectivity index (χ1v) is 12.9. The lowest BCUT2D eigenvalue weighted by Gasteiger charge is -2.37. The van der Waals surface area contributed by atoms with Crippen LogP contribution in [0.25, 0.3) is 10.6 Å². The van der Waals surface area contributed by atoms with E-state index < -0.39 is 29.6 Å². The topological polar surface area (TPSA) is 118 Å². The highest BCUT2D eigenvalue weighted by Gasteiger charge is 2.35. The Morgan fingerprint density at radius 3 is 2.38 bits per heavy atom. The van der Waals surface area contributed by atoms with Gasteiger partial charge in [-0.25, -0.2) is 19.7 Å². The Morgan fingerprint density at radius 1 is 1.15 bits per heavy atom. The zero-order chi connectivity index (χ0) is 28.5. The number of aryl methyl sites for hydroxylation is 1. The normalized spacial score (nSPS) is 15.0. The molecule has 0 aliphatic carbocycles. The van der Waals surface area contributed by atoms with Gasteiger partial charge < -0.3 is 20.1 Å². The maximum Gasteiger partial charge on any atom is 0.451 e. The van der Waals surface area contributed by atoms with Crippen molar-refractivity contribution in [2.75, 3.05) is 13.1 Å². The van der Waals surface area contributed by atoms with Crippen LogP contribution in [0, 0.1) is 6.92 Å². The Bertz CT molecular complexity index is 1350. The van der Waals surface area contributed by atoms with Crippen LogP contribution in [-0.2, 0) is 16.4 Å². The molecular formula is C26H28F3N5O4S. The number of likely N-dealkylation sites (tertiary alicyclic amines) is 1. The van der Waals surface area contributed by atoms with E-state index in [1.807, 2.05) is 39.0 Å². The molecule has 2 aromatic heterocycles. The number of hydrogen-bond donors (Lipinski definition) is 2. The van der Waals surface area contributed by atoms with Crippen molar-refractivity contribution in [3.63, 3.8) is 0 Å². The summed E-state index contributed by atoms with van der Waals surface area (Å²) in [4.78, 5) is 37.6. The molecule has 1 atom stereocenters. The summed E-state index contributed by atoms with van der Waals surface area (Å²) in [5.74, 6) is -0.993. The van der Waals surface area contributed by atoms with Crippen molar-refractivity contribution in [1.82, 2.24) is 25.2 Å². The second kappa shape index (κ2) is 10.8. The summed E-state index contributed by atoms with van der Waals surface area (Å²) in [5, 5.41) is 12.7. The molecule has 1 fully saturated rings. The Labute approximate surface area is 227 Å². The quantitative estimate of drug-likeness (QED) is 0.386. The summed E-state index contributed by atoms with van der Waals surface area (Å²) in [5.41, 5.74) is 1.33. The number of nitrogens with one attached hydrogen (secondary N) is 1. The molecule has 0 bridgehead atoms. The summed E-state index contributed by atoms with van der Waals surface area (Å²) in [6.07, 6.45) is -1.95. The van der Waals surface area contributed by atoms with Crippen molar-refractivity contribution < 1.29 is 32.6 Å². The molecule has 208 valence electrons. The molecule has 0 unspecified atom stereocenters. The lowest BCUT2D eigenvalue weighted by Crippen LogP contribution is -2.55. The monoisotopic (exact) mass is 563 g/mol. The van der Waals surface area contributed by atoms with Crippen LogP contribution in [0.3, 0.4) is 0 Å². The van der Waals surface area contributed by atoms with E-state index in [1.165, 1.54) is 16.2 Å². The predicted octanol–water partition coefficient (Wildman–Crippen LogP) is 5.21. The van der Waals surface area contributed by atoms with Crippen molar-refractivity contribution in [1.29, 1.82) is 0 Å². The minimum absolute atomic E-state index is 0.0782. The molecule has 1 aromatic carbocycles. The minimum atomic E-state index is -4.64. The second-order valence-electron chi connectivity index (χ2n) is 10.1. The van der Waals surface area contributed by atoms with Crippen LogP contribution in [0.5, 0.6) is 5.75 Å². The molecule has 3 heterocycles. The Balaban J connectivity index is 1.50. The highest BCUT2D eigenvalue weighted by molar-refractivity contribution is 7.14. The van der Waals surface area contributed by atoms with Crippen LogP contribution in [0.15, 0.2) is 36.8 Å². The molecule has 9 nitrogen and oxygen atoms in total. The van der Waals surface area contributed by atoms with Crippen molar-refractivity contribution in [3.8, 4) is 16.3 Å². The first-order chi connectivity index (χ1) is 18.2. The standard InChI is InChI=1S/C26H28F3N5O4S/c1-14-9-30-22(39-14)16-5-18(7-19(6-16)38-20-12-34(13-20)24(36)37)25(3,4)8-21(35)33-15(2)17-10-31-23(32-11-17)26(27,28)29/h5-7,9-11,15,20H,8,12-13H2,1-4H3,(H,33,35)(H,36,37)/t15-/m1/s1. The maximum atomic E-state index is 13.0. The van der Waals surface area contributed by atoms with E-state index >= 15 is 0 Å². The summed E-state index contributed by atoms with van der Waals surface area (Å²) in [6, 6.07) is 5.05. The smallest absolute Gasteiger partial charge is 0.451 e. The third-order valence-corrected chi connectivity index (χ3v) is 7.34. The third kappa shape index (κ3) is 6.83. The van der Waals surface area contributed by atoms with E-state index in [4.69, 9.17) is 9.84 Å². The van der Waals surface area contributed by atoms with Crippen molar-refractivity contribution in [2.24, 2.45) is 0 Å². The number of aromatic nitrogens is 3. The Kier molecular flexibility index (Phi) is 7.82. The first-order valence-electron chi connectivity index (χ1n) is 12.1. The lowest BCUT2D eigenvalue weighted by atomic mass is 9.80. The summed E-state index contributed by atoms with van der Waals surface area (Å²) in [7, 11) is 0. The van der Waals surface area contributed by atoms with Gasteiger partial charge in [-0.05, 0) is 43.0 Å². The average Bonchev–Trinajstić information content (AvgIpc) is 3.26. The SMILES string of the molecule is Cc1cnc(-c2cc(OC3CN(C(=O)O)C3)cc(C(C)(C)CC(=O)N[C@H](C)c3cnc(C(F)(F)F)nc3)c2)s1. The van der Waals surface area contributed by atoms with Gasteiger partial charge in [0.1, 0.15) is 16.9 Å². The fraction of sp³-hybridized carbons (Fsp3) is 0.423. The molecule has 2 amide bonds. The molecule has 1 saturated heterocycles. The van der Waals surface area contributed by atoms with Gasteiger partial charge in [-0.3, -0.25) is 4.79 Å². The molecule has 39 heavy (non-hydrogen) atoms. The number of nitrogens with zero attached hydrogens (tertiary/aromatic N) is 4. The number of ether oxygens (including phenoxy) is 1. The zero-order valence-corrected chi connectivity index (χ0v) is 22.6. The van der Waals surface area contributed by atoms with Crippen LogP contribution in [-0.4, -0.2) is 56.2 Å². The van der Waals surface area contributed by atoms with Gasteiger partial charge in [0.25, 0.3) is 0 Å². The number of hydrogen-bond acceptors (Lipinski definition) is 7. The predicted molar refractivity (Wildman–Crippen MR) is 138 cm³/mol. The third-order valence-electron chi connectivity index (χ3n) is 6.38. The van der Waals surface area contributed by atoms with E-state index in [2.05, 4.69) is 20.3 Å². The van der Waals surface area contributed by atoms with Crippen LogP contribution < -0.4 is 10.1 Å². The van der Waals surface area contributed by atoms with Gasteiger partial charge >= 0.3 is 12.3 Å². The number of thiazole rings is 1. The fourth-order valence-electron chi connectivity index (χ4n) is 4.12. The van der Waals surface area contributed by atoms with Crippen molar-refractivity contribution >= 4 is 23.3 Å². The molecule has 13 heteroatoms.